The van der Waals surface area contributed by atoms with E-state index in [2.05, 4.69) is 5.32 Å². The van der Waals surface area contributed by atoms with Crippen molar-refractivity contribution in [3.8, 4) is 0 Å². The van der Waals surface area contributed by atoms with Crippen molar-refractivity contribution < 1.29 is 5.11 Å². The summed E-state index contributed by atoms with van der Waals surface area (Å²) in [5.41, 5.74) is 5.38. The second-order valence-electron chi connectivity index (χ2n) is 3.34. The first-order valence-corrected chi connectivity index (χ1v) is 4.81. The van der Waals surface area contributed by atoms with Crippen LogP contribution in [0.5, 0.6) is 0 Å². The Balaban J connectivity index is 2.41. The third-order valence-electron chi connectivity index (χ3n) is 2.47. The highest BCUT2D eigenvalue weighted by atomic mass is 32.1. The smallest absolute Gasteiger partial charge is 0.163 e. The molecule has 70 valence electrons. The lowest BCUT2D eigenvalue weighted by atomic mass is 9.85. The Bertz CT molecular complexity index is 163. The molecule has 1 rings (SSSR count). The van der Waals surface area contributed by atoms with Crippen molar-refractivity contribution in [1.29, 1.82) is 0 Å². The molecule has 1 aliphatic rings. The quantitative estimate of drug-likeness (QED) is 0.548. The van der Waals surface area contributed by atoms with Crippen LogP contribution in [0.4, 0.5) is 0 Å². The zero-order valence-electron chi connectivity index (χ0n) is 7.12. The average Bonchev–Trinajstić information content (AvgIpc) is 2.04. The van der Waals surface area contributed by atoms with Gasteiger partial charge in [0.05, 0.1) is 0 Å². The van der Waals surface area contributed by atoms with Crippen molar-refractivity contribution in [3.63, 3.8) is 0 Å². The Kier molecular flexibility index (Phi) is 3.75. The van der Waals surface area contributed by atoms with Gasteiger partial charge in [-0.25, -0.2) is 0 Å². The molecule has 0 aromatic heterocycles. The van der Waals surface area contributed by atoms with Crippen molar-refractivity contribution in [2.45, 2.75) is 31.7 Å². The summed E-state index contributed by atoms with van der Waals surface area (Å²) in [5.74, 6) is 0.334. The monoisotopic (exact) mass is 188 g/mol. The van der Waals surface area contributed by atoms with Crippen LogP contribution in [0.15, 0.2) is 0 Å². The van der Waals surface area contributed by atoms with E-state index in [0.717, 1.165) is 12.8 Å². The second-order valence-corrected chi connectivity index (χ2v) is 3.78. The minimum atomic E-state index is 0.236. The Morgan fingerprint density at radius 3 is 2.75 bits per heavy atom. The summed E-state index contributed by atoms with van der Waals surface area (Å²) in [6, 6.07) is 0.293. The molecule has 0 saturated heterocycles. The SMILES string of the molecule is NC(=S)N[C@H]1CCCC[C@H]1CO. The molecule has 0 unspecified atom stereocenters. The summed E-state index contributed by atoms with van der Waals surface area (Å²) in [7, 11) is 0. The van der Waals surface area contributed by atoms with Crippen LogP contribution in [0.2, 0.25) is 0 Å². The normalized spacial score (nSPS) is 29.8. The van der Waals surface area contributed by atoms with Crippen LogP contribution in [-0.2, 0) is 0 Å². The van der Waals surface area contributed by atoms with Crippen LogP contribution in [0, 0.1) is 5.92 Å². The van der Waals surface area contributed by atoms with Gasteiger partial charge in [0.1, 0.15) is 0 Å². The molecular formula is C8H16N2OS. The first-order chi connectivity index (χ1) is 5.74. The van der Waals surface area contributed by atoms with E-state index in [0.29, 0.717) is 17.1 Å². The summed E-state index contributed by atoms with van der Waals surface area (Å²) >= 11 is 4.76. The van der Waals surface area contributed by atoms with Crippen LogP contribution in [0.25, 0.3) is 0 Å². The van der Waals surface area contributed by atoms with Gasteiger partial charge in [-0.15, -0.1) is 0 Å². The number of thiocarbonyl (C=S) groups is 1. The minimum Gasteiger partial charge on any atom is -0.396 e. The minimum absolute atomic E-state index is 0.236. The van der Waals surface area contributed by atoms with E-state index in [1.807, 2.05) is 0 Å². The Morgan fingerprint density at radius 2 is 2.17 bits per heavy atom. The highest BCUT2D eigenvalue weighted by Crippen LogP contribution is 2.23. The third-order valence-corrected chi connectivity index (χ3v) is 2.59. The molecule has 12 heavy (non-hydrogen) atoms. The van der Waals surface area contributed by atoms with Crippen molar-refractivity contribution in [1.82, 2.24) is 5.32 Å². The van der Waals surface area contributed by atoms with Gasteiger partial charge in [-0.1, -0.05) is 12.8 Å². The van der Waals surface area contributed by atoms with Crippen LogP contribution < -0.4 is 11.1 Å². The lowest BCUT2D eigenvalue weighted by Gasteiger charge is -2.30. The molecule has 0 bridgehead atoms. The van der Waals surface area contributed by atoms with Gasteiger partial charge >= 0.3 is 0 Å². The molecule has 0 heterocycles. The second kappa shape index (κ2) is 4.62. The molecule has 2 atom stereocenters. The van der Waals surface area contributed by atoms with Crippen LogP contribution in [0.3, 0.4) is 0 Å². The molecule has 4 N–H and O–H groups in total. The fourth-order valence-electron chi connectivity index (χ4n) is 1.80. The molecule has 0 radical (unpaired) electrons. The molecule has 0 amide bonds. The van der Waals surface area contributed by atoms with Gasteiger partial charge in [0.2, 0.25) is 0 Å². The molecule has 3 nitrogen and oxygen atoms in total. The van der Waals surface area contributed by atoms with Gasteiger partial charge < -0.3 is 16.2 Å². The molecule has 1 fully saturated rings. The van der Waals surface area contributed by atoms with Crippen LogP contribution >= 0.6 is 12.2 Å². The van der Waals surface area contributed by atoms with Gasteiger partial charge in [0.15, 0.2) is 5.11 Å². The highest BCUT2D eigenvalue weighted by molar-refractivity contribution is 7.80. The third kappa shape index (κ3) is 2.60. The zero-order chi connectivity index (χ0) is 8.97. The predicted octanol–water partition coefficient (Wildman–Crippen LogP) is 0.371. The molecule has 1 aliphatic carbocycles. The maximum atomic E-state index is 9.05. The maximum Gasteiger partial charge on any atom is 0.163 e. The van der Waals surface area contributed by atoms with E-state index in [9.17, 15) is 0 Å². The number of hydrogen-bond donors (Lipinski definition) is 3. The van der Waals surface area contributed by atoms with E-state index in [1.165, 1.54) is 12.8 Å². The predicted molar refractivity (Wildman–Crippen MR) is 52.8 cm³/mol. The van der Waals surface area contributed by atoms with E-state index >= 15 is 0 Å². The zero-order valence-corrected chi connectivity index (χ0v) is 7.94. The van der Waals surface area contributed by atoms with Gasteiger partial charge in [0, 0.05) is 18.6 Å². The molecule has 4 heteroatoms. The van der Waals surface area contributed by atoms with Crippen molar-refractivity contribution in [2.75, 3.05) is 6.61 Å². The van der Waals surface area contributed by atoms with Crippen molar-refractivity contribution in [3.05, 3.63) is 0 Å². The average molecular weight is 188 g/mol. The summed E-state index contributed by atoms with van der Waals surface area (Å²) in [5, 5.41) is 12.4. The van der Waals surface area contributed by atoms with E-state index < -0.39 is 0 Å². The van der Waals surface area contributed by atoms with E-state index in [4.69, 9.17) is 23.1 Å². The molecule has 0 aromatic rings. The van der Waals surface area contributed by atoms with Crippen LogP contribution in [-0.4, -0.2) is 22.9 Å². The Labute approximate surface area is 78.3 Å². The maximum absolute atomic E-state index is 9.05. The van der Waals surface area contributed by atoms with Gasteiger partial charge in [-0.05, 0) is 25.1 Å². The highest BCUT2D eigenvalue weighted by Gasteiger charge is 2.24. The number of nitrogens with one attached hydrogen (secondary N) is 1. The largest absolute Gasteiger partial charge is 0.396 e. The number of aliphatic hydroxyl groups is 1. The summed E-state index contributed by atoms with van der Waals surface area (Å²) in [6.07, 6.45) is 4.57. The number of hydrogen-bond acceptors (Lipinski definition) is 2. The fraction of sp³-hybridized carbons (Fsp3) is 0.875. The van der Waals surface area contributed by atoms with Crippen molar-refractivity contribution in [2.24, 2.45) is 11.7 Å². The standard InChI is InChI=1S/C8H16N2OS/c9-8(12)10-7-4-2-1-3-6(7)5-11/h6-7,11H,1-5H2,(H3,9,10,12)/t6-,7-/m0/s1. The first-order valence-electron chi connectivity index (χ1n) is 4.41. The van der Waals surface area contributed by atoms with Gasteiger partial charge in [0.25, 0.3) is 0 Å². The van der Waals surface area contributed by atoms with Gasteiger partial charge in [-0.2, -0.15) is 0 Å². The Morgan fingerprint density at radius 1 is 1.50 bits per heavy atom. The summed E-state index contributed by atoms with van der Waals surface area (Å²) in [6.45, 7) is 0.236. The lowest BCUT2D eigenvalue weighted by Crippen LogP contribution is -2.45. The summed E-state index contributed by atoms with van der Waals surface area (Å²) < 4.78 is 0. The topological polar surface area (TPSA) is 58.3 Å². The molecule has 0 aliphatic heterocycles. The first kappa shape index (κ1) is 9.74. The molecule has 0 aromatic carbocycles. The Hall–Kier alpha value is -0.350. The van der Waals surface area contributed by atoms with Crippen LogP contribution in [0.1, 0.15) is 25.7 Å². The van der Waals surface area contributed by atoms with E-state index in [1.54, 1.807) is 0 Å². The number of aliphatic hydroxyl groups excluding tert-OH is 1. The fourth-order valence-corrected chi connectivity index (χ4v) is 1.95. The van der Waals surface area contributed by atoms with E-state index in [-0.39, 0.29) is 6.61 Å². The lowest BCUT2D eigenvalue weighted by molar-refractivity contribution is 0.163. The number of rotatable bonds is 2. The summed E-state index contributed by atoms with van der Waals surface area (Å²) in [4.78, 5) is 0. The van der Waals surface area contributed by atoms with Gasteiger partial charge in [-0.3, -0.25) is 0 Å². The number of nitrogens with two attached hydrogens (primary N) is 1. The molecule has 0 spiro atoms. The molecular weight excluding hydrogens is 172 g/mol. The van der Waals surface area contributed by atoms with Crippen molar-refractivity contribution >= 4 is 17.3 Å². The molecule has 1 saturated carbocycles.